The number of amidine groups is 1. The maximum atomic E-state index is 12.0. The van der Waals surface area contributed by atoms with Gasteiger partial charge in [-0.05, 0) is 32.1 Å². The average Bonchev–Trinajstić information content (AvgIpc) is 2.50. The molecule has 0 bridgehead atoms. The van der Waals surface area contributed by atoms with Crippen molar-refractivity contribution in [2.24, 2.45) is 10.9 Å². The Balaban J connectivity index is 1.64. The Bertz CT molecular complexity index is 361. The Labute approximate surface area is 125 Å². The molecule has 0 saturated carbocycles. The summed E-state index contributed by atoms with van der Waals surface area (Å²) in [6, 6.07) is 0.227. The van der Waals surface area contributed by atoms with Gasteiger partial charge in [-0.3, -0.25) is 9.69 Å². The minimum absolute atomic E-state index is 0.0942. The summed E-state index contributed by atoms with van der Waals surface area (Å²) in [5, 5.41) is 14.6. The van der Waals surface area contributed by atoms with Gasteiger partial charge in [0.2, 0.25) is 5.91 Å². The van der Waals surface area contributed by atoms with Crippen molar-refractivity contribution >= 4 is 11.7 Å². The van der Waals surface area contributed by atoms with Gasteiger partial charge in [-0.25, -0.2) is 0 Å². The summed E-state index contributed by atoms with van der Waals surface area (Å²) in [7, 11) is 0. The van der Waals surface area contributed by atoms with E-state index in [1.165, 1.54) is 0 Å². The van der Waals surface area contributed by atoms with Crippen molar-refractivity contribution < 1.29 is 14.7 Å². The van der Waals surface area contributed by atoms with E-state index in [0.29, 0.717) is 13.0 Å². The molecule has 1 unspecified atom stereocenters. The number of oxime groups is 1. The third kappa shape index (κ3) is 5.51. The maximum Gasteiger partial charge on any atom is 0.222 e. The fourth-order valence-corrected chi connectivity index (χ4v) is 2.96. The van der Waals surface area contributed by atoms with Crippen LogP contribution in [0.2, 0.25) is 0 Å². The van der Waals surface area contributed by atoms with E-state index in [0.717, 1.165) is 51.8 Å². The van der Waals surface area contributed by atoms with Crippen LogP contribution < -0.4 is 11.1 Å². The number of nitrogens with two attached hydrogens (primary N) is 1. The van der Waals surface area contributed by atoms with Gasteiger partial charge in [0.1, 0.15) is 0 Å². The van der Waals surface area contributed by atoms with E-state index in [4.69, 9.17) is 15.7 Å². The molecule has 2 heterocycles. The molecule has 2 rings (SSSR count). The van der Waals surface area contributed by atoms with E-state index in [-0.39, 0.29) is 23.9 Å². The van der Waals surface area contributed by atoms with E-state index in [9.17, 15) is 4.79 Å². The topological polar surface area (TPSA) is 100 Å². The Hall–Kier alpha value is -1.34. The van der Waals surface area contributed by atoms with Crippen LogP contribution in [0.5, 0.6) is 0 Å². The standard InChI is InChI=1S/C14H26N4O3/c15-13(17-20)10-18-6-4-11(5-7-18)16-14(19)9-12-3-1-2-8-21-12/h11-12,20H,1-10H2,(H2,15,17)(H,16,19). The molecule has 0 aliphatic carbocycles. The van der Waals surface area contributed by atoms with E-state index in [2.05, 4.69) is 15.4 Å². The highest BCUT2D eigenvalue weighted by atomic mass is 16.5. The van der Waals surface area contributed by atoms with Gasteiger partial charge in [0.25, 0.3) is 0 Å². The molecule has 2 fully saturated rings. The summed E-state index contributed by atoms with van der Waals surface area (Å²) in [5.41, 5.74) is 5.50. The molecule has 0 radical (unpaired) electrons. The SMILES string of the molecule is NC(CN1CCC(NC(=O)CC2CCCCO2)CC1)=NO. The number of amides is 1. The van der Waals surface area contributed by atoms with E-state index in [1.54, 1.807) is 0 Å². The zero-order valence-corrected chi connectivity index (χ0v) is 12.5. The minimum Gasteiger partial charge on any atom is -0.409 e. The van der Waals surface area contributed by atoms with Gasteiger partial charge in [-0.15, -0.1) is 0 Å². The first-order valence-electron chi connectivity index (χ1n) is 7.77. The smallest absolute Gasteiger partial charge is 0.222 e. The number of nitrogens with one attached hydrogen (secondary N) is 1. The highest BCUT2D eigenvalue weighted by Crippen LogP contribution is 2.16. The second-order valence-electron chi connectivity index (χ2n) is 5.90. The molecule has 0 aromatic heterocycles. The molecule has 2 saturated heterocycles. The number of ether oxygens (including phenoxy) is 1. The number of carbonyl (C=O) groups excluding carboxylic acids is 1. The lowest BCUT2D eigenvalue weighted by Crippen LogP contribution is -2.47. The second-order valence-corrected chi connectivity index (χ2v) is 5.90. The molecule has 7 nitrogen and oxygen atoms in total. The molecule has 0 aromatic rings. The van der Waals surface area contributed by atoms with Gasteiger partial charge in [0, 0.05) is 25.7 Å². The van der Waals surface area contributed by atoms with Crippen LogP contribution in [-0.2, 0) is 9.53 Å². The zero-order valence-electron chi connectivity index (χ0n) is 12.5. The molecule has 21 heavy (non-hydrogen) atoms. The molecular weight excluding hydrogens is 272 g/mol. The molecule has 2 aliphatic heterocycles. The van der Waals surface area contributed by atoms with Crippen molar-refractivity contribution in [1.82, 2.24) is 10.2 Å². The highest BCUT2D eigenvalue weighted by molar-refractivity contribution is 5.81. The number of carbonyl (C=O) groups is 1. The zero-order chi connectivity index (χ0) is 15.1. The van der Waals surface area contributed by atoms with Crippen molar-refractivity contribution in [3.05, 3.63) is 0 Å². The van der Waals surface area contributed by atoms with Gasteiger partial charge in [0.05, 0.1) is 19.1 Å². The number of likely N-dealkylation sites (tertiary alicyclic amines) is 1. The fourth-order valence-electron chi connectivity index (χ4n) is 2.96. The molecule has 120 valence electrons. The first-order chi connectivity index (χ1) is 10.2. The van der Waals surface area contributed by atoms with Gasteiger partial charge >= 0.3 is 0 Å². The van der Waals surface area contributed by atoms with Gasteiger partial charge in [-0.1, -0.05) is 5.16 Å². The van der Waals surface area contributed by atoms with Gasteiger partial charge < -0.3 is 21.0 Å². The predicted molar refractivity (Wildman–Crippen MR) is 79.2 cm³/mol. The van der Waals surface area contributed by atoms with Crippen molar-refractivity contribution in [1.29, 1.82) is 0 Å². The van der Waals surface area contributed by atoms with Gasteiger partial charge in [-0.2, -0.15) is 0 Å². The third-order valence-corrected chi connectivity index (χ3v) is 4.15. The quantitative estimate of drug-likeness (QED) is 0.293. The Morgan fingerprint density at radius 2 is 2.10 bits per heavy atom. The molecule has 4 N–H and O–H groups in total. The van der Waals surface area contributed by atoms with E-state index >= 15 is 0 Å². The van der Waals surface area contributed by atoms with Crippen molar-refractivity contribution in [2.75, 3.05) is 26.2 Å². The molecule has 1 atom stereocenters. The van der Waals surface area contributed by atoms with Crippen LogP contribution in [-0.4, -0.2) is 60.2 Å². The van der Waals surface area contributed by atoms with Crippen LogP contribution in [0.15, 0.2) is 5.16 Å². The lowest BCUT2D eigenvalue weighted by Gasteiger charge is -2.32. The summed E-state index contributed by atoms with van der Waals surface area (Å²) in [4.78, 5) is 14.1. The van der Waals surface area contributed by atoms with Crippen molar-refractivity contribution in [3.8, 4) is 0 Å². The summed E-state index contributed by atoms with van der Waals surface area (Å²) in [6.45, 7) is 2.96. The Morgan fingerprint density at radius 3 is 2.71 bits per heavy atom. The van der Waals surface area contributed by atoms with Crippen LogP contribution in [0, 0.1) is 0 Å². The predicted octanol–water partition coefficient (Wildman–Crippen LogP) is 0.273. The number of hydrogen-bond acceptors (Lipinski definition) is 5. The Morgan fingerprint density at radius 1 is 1.33 bits per heavy atom. The molecule has 7 heteroatoms. The largest absolute Gasteiger partial charge is 0.409 e. The monoisotopic (exact) mass is 298 g/mol. The molecule has 0 aromatic carbocycles. The van der Waals surface area contributed by atoms with Crippen molar-refractivity contribution in [2.45, 2.75) is 50.7 Å². The second kappa shape index (κ2) is 8.19. The van der Waals surface area contributed by atoms with E-state index < -0.39 is 0 Å². The van der Waals surface area contributed by atoms with Gasteiger partial charge in [0.15, 0.2) is 5.84 Å². The van der Waals surface area contributed by atoms with Crippen LogP contribution in [0.4, 0.5) is 0 Å². The first-order valence-corrected chi connectivity index (χ1v) is 7.77. The number of piperidine rings is 1. The number of hydrogen-bond donors (Lipinski definition) is 3. The van der Waals surface area contributed by atoms with Crippen LogP contribution in [0.3, 0.4) is 0 Å². The summed E-state index contributed by atoms with van der Waals surface area (Å²) in [5.74, 6) is 0.323. The molecule has 2 aliphatic rings. The van der Waals surface area contributed by atoms with Crippen LogP contribution in [0.25, 0.3) is 0 Å². The number of nitrogens with zero attached hydrogens (tertiary/aromatic N) is 2. The lowest BCUT2D eigenvalue weighted by molar-refractivity contribution is -0.125. The highest BCUT2D eigenvalue weighted by Gasteiger charge is 2.23. The normalized spacial score (nSPS) is 25.7. The third-order valence-electron chi connectivity index (χ3n) is 4.15. The summed E-state index contributed by atoms with van der Waals surface area (Å²) >= 11 is 0. The molecular formula is C14H26N4O3. The number of rotatable bonds is 5. The van der Waals surface area contributed by atoms with Crippen LogP contribution >= 0.6 is 0 Å². The summed E-state index contributed by atoms with van der Waals surface area (Å²) in [6.07, 6.45) is 5.63. The molecule has 0 spiro atoms. The minimum atomic E-state index is 0.0942. The average molecular weight is 298 g/mol. The maximum absolute atomic E-state index is 12.0. The first kappa shape index (κ1) is 16.0. The fraction of sp³-hybridized carbons (Fsp3) is 0.857. The van der Waals surface area contributed by atoms with Crippen LogP contribution in [0.1, 0.15) is 38.5 Å². The lowest BCUT2D eigenvalue weighted by atomic mass is 10.0. The Kier molecular flexibility index (Phi) is 6.25. The van der Waals surface area contributed by atoms with E-state index in [1.807, 2.05) is 0 Å². The molecule has 1 amide bonds. The summed E-state index contributed by atoms with van der Waals surface area (Å²) < 4.78 is 5.59. The van der Waals surface area contributed by atoms with Crippen molar-refractivity contribution in [3.63, 3.8) is 0 Å².